The molecule has 1 atom stereocenters. The summed E-state index contributed by atoms with van der Waals surface area (Å²) in [6.07, 6.45) is 0. The molecule has 0 fully saturated rings. The van der Waals surface area contributed by atoms with Crippen molar-refractivity contribution in [1.82, 2.24) is 20.1 Å². The van der Waals surface area contributed by atoms with E-state index in [2.05, 4.69) is 29.4 Å². The highest BCUT2D eigenvalue weighted by atomic mass is 35.5. The number of nitrogens with two attached hydrogens (primary N) is 1. The smallest absolute Gasteiger partial charge is 0.318 e. The van der Waals surface area contributed by atoms with Crippen LogP contribution in [0.5, 0.6) is 0 Å². The number of amides is 3. The predicted molar refractivity (Wildman–Crippen MR) is 113 cm³/mol. The number of carbonyl (C=O) groups excluding carboxylic acids is 2. The Hall–Kier alpha value is -1.77. The van der Waals surface area contributed by atoms with Crippen molar-refractivity contribution in [1.29, 1.82) is 0 Å². The second-order valence-corrected chi connectivity index (χ2v) is 9.02. The van der Waals surface area contributed by atoms with E-state index >= 15 is 0 Å². The molecule has 0 saturated heterocycles. The lowest BCUT2D eigenvalue weighted by molar-refractivity contribution is -0.120. The number of nitrogens with one attached hydrogen (secondary N) is 1. The molecule has 0 aliphatic rings. The van der Waals surface area contributed by atoms with Gasteiger partial charge in [0, 0.05) is 17.1 Å². The molecular formula is C18H23Cl2N5O2S. The summed E-state index contributed by atoms with van der Waals surface area (Å²) in [5.74, 6) is 0.376. The molecule has 1 heterocycles. The first-order valence-corrected chi connectivity index (χ1v) is 10.4. The first kappa shape index (κ1) is 22.5. The van der Waals surface area contributed by atoms with Crippen LogP contribution in [0.1, 0.15) is 27.7 Å². The Bertz CT molecular complexity index is 870. The second kappa shape index (κ2) is 9.62. The third-order valence-electron chi connectivity index (χ3n) is 3.78. The predicted octanol–water partition coefficient (Wildman–Crippen LogP) is 4.22. The Labute approximate surface area is 178 Å². The summed E-state index contributed by atoms with van der Waals surface area (Å²) in [6.45, 7) is 8.55. The van der Waals surface area contributed by atoms with E-state index in [0.29, 0.717) is 39.1 Å². The lowest BCUT2D eigenvalue weighted by atomic mass is 10.1. The molecule has 1 unspecified atom stereocenters. The van der Waals surface area contributed by atoms with Gasteiger partial charge in [-0.3, -0.25) is 10.1 Å². The highest BCUT2D eigenvalue weighted by molar-refractivity contribution is 8.00. The number of halogens is 2. The van der Waals surface area contributed by atoms with Crippen molar-refractivity contribution in [2.75, 3.05) is 0 Å². The van der Waals surface area contributed by atoms with E-state index in [1.165, 1.54) is 11.8 Å². The summed E-state index contributed by atoms with van der Waals surface area (Å²) in [5.41, 5.74) is 5.79. The van der Waals surface area contributed by atoms with Crippen LogP contribution in [0.4, 0.5) is 4.79 Å². The van der Waals surface area contributed by atoms with Gasteiger partial charge in [0.25, 0.3) is 0 Å². The van der Waals surface area contributed by atoms with Gasteiger partial charge in [0.2, 0.25) is 5.91 Å². The molecule has 0 bridgehead atoms. The van der Waals surface area contributed by atoms with Crippen LogP contribution in [0.2, 0.25) is 10.0 Å². The van der Waals surface area contributed by atoms with Crippen molar-refractivity contribution in [3.8, 4) is 11.4 Å². The molecule has 10 heteroatoms. The van der Waals surface area contributed by atoms with Gasteiger partial charge in [0.1, 0.15) is 0 Å². The third-order valence-corrected chi connectivity index (χ3v) is 5.85. The zero-order valence-corrected chi connectivity index (χ0v) is 18.4. The fourth-order valence-corrected chi connectivity index (χ4v) is 4.11. The summed E-state index contributed by atoms with van der Waals surface area (Å²) < 4.78 is 1.93. The molecular weight excluding hydrogens is 421 g/mol. The summed E-state index contributed by atoms with van der Waals surface area (Å²) in [4.78, 5) is 23.5. The second-order valence-electron chi connectivity index (χ2n) is 7.07. The number of primary amides is 1. The summed E-state index contributed by atoms with van der Waals surface area (Å²) >= 11 is 13.6. The van der Waals surface area contributed by atoms with E-state index < -0.39 is 17.2 Å². The number of hydrogen-bond acceptors (Lipinski definition) is 5. The molecule has 2 aromatic rings. The summed E-state index contributed by atoms with van der Waals surface area (Å²) in [6, 6.07) is 4.30. The highest BCUT2D eigenvalue weighted by Gasteiger charge is 2.28. The fraction of sp³-hybridized carbons (Fsp3) is 0.444. The number of hydrogen-bond donors (Lipinski definition) is 2. The van der Waals surface area contributed by atoms with Crippen LogP contribution in [0, 0.1) is 11.8 Å². The monoisotopic (exact) mass is 443 g/mol. The van der Waals surface area contributed by atoms with Crippen LogP contribution >= 0.6 is 35.0 Å². The molecule has 0 aliphatic carbocycles. The zero-order valence-electron chi connectivity index (χ0n) is 16.1. The molecule has 0 radical (unpaired) electrons. The number of imide groups is 1. The van der Waals surface area contributed by atoms with E-state index in [-0.39, 0.29) is 5.92 Å². The number of rotatable bonds is 7. The average molecular weight is 444 g/mol. The van der Waals surface area contributed by atoms with Crippen molar-refractivity contribution in [2.24, 2.45) is 17.6 Å². The summed E-state index contributed by atoms with van der Waals surface area (Å²) in [7, 11) is 0. The Kier molecular flexibility index (Phi) is 7.74. The first-order chi connectivity index (χ1) is 13.1. The molecule has 2 rings (SSSR count). The lowest BCUT2D eigenvalue weighted by Crippen LogP contribution is -2.42. The normalized spacial score (nSPS) is 12.4. The molecule has 0 saturated carbocycles. The minimum Gasteiger partial charge on any atom is -0.351 e. The van der Waals surface area contributed by atoms with Crippen LogP contribution < -0.4 is 11.1 Å². The number of benzene rings is 1. The van der Waals surface area contributed by atoms with E-state index in [1.54, 1.807) is 18.2 Å². The van der Waals surface area contributed by atoms with Crippen LogP contribution in [-0.4, -0.2) is 32.0 Å². The Morgan fingerprint density at radius 1 is 1.21 bits per heavy atom. The van der Waals surface area contributed by atoms with Gasteiger partial charge in [0.15, 0.2) is 11.0 Å². The van der Waals surface area contributed by atoms with E-state index in [0.717, 1.165) is 0 Å². The molecule has 3 amide bonds. The quantitative estimate of drug-likeness (QED) is 0.623. The van der Waals surface area contributed by atoms with Crippen LogP contribution in [-0.2, 0) is 11.3 Å². The number of thioether (sulfide) groups is 1. The van der Waals surface area contributed by atoms with Crippen LogP contribution in [0.3, 0.4) is 0 Å². The Morgan fingerprint density at radius 3 is 2.43 bits per heavy atom. The number of nitrogens with zero attached hydrogens (tertiary/aromatic N) is 3. The van der Waals surface area contributed by atoms with E-state index in [9.17, 15) is 9.59 Å². The molecule has 1 aromatic carbocycles. The van der Waals surface area contributed by atoms with Gasteiger partial charge >= 0.3 is 6.03 Å². The van der Waals surface area contributed by atoms with Gasteiger partial charge in [-0.15, -0.1) is 10.2 Å². The Balaban J connectivity index is 2.45. The third kappa shape index (κ3) is 5.62. The minimum atomic E-state index is -0.881. The molecule has 28 heavy (non-hydrogen) atoms. The molecule has 1 aromatic heterocycles. The SMILES string of the molecule is CC(C)Cn1c(SC(C(=O)NC(N)=O)C(C)C)nnc1-c1ccc(Cl)cc1Cl. The zero-order chi connectivity index (χ0) is 21.0. The topological polar surface area (TPSA) is 103 Å². The van der Waals surface area contributed by atoms with E-state index in [1.807, 2.05) is 18.4 Å². The maximum Gasteiger partial charge on any atom is 0.318 e. The van der Waals surface area contributed by atoms with E-state index in [4.69, 9.17) is 28.9 Å². The van der Waals surface area contributed by atoms with Gasteiger partial charge in [-0.05, 0) is 30.0 Å². The number of aromatic nitrogens is 3. The van der Waals surface area contributed by atoms with Gasteiger partial charge in [-0.1, -0.05) is 62.7 Å². The van der Waals surface area contributed by atoms with Gasteiger partial charge < -0.3 is 10.3 Å². The summed E-state index contributed by atoms with van der Waals surface area (Å²) in [5, 5.41) is 11.7. The molecule has 0 aliphatic heterocycles. The minimum absolute atomic E-state index is 0.0591. The van der Waals surface area contributed by atoms with Crippen molar-refractivity contribution >= 4 is 46.9 Å². The fourth-order valence-electron chi connectivity index (χ4n) is 2.57. The largest absolute Gasteiger partial charge is 0.351 e. The molecule has 152 valence electrons. The molecule has 0 spiro atoms. The maximum atomic E-state index is 12.4. The average Bonchev–Trinajstić information content (AvgIpc) is 2.93. The standard InChI is InChI=1S/C18H23Cl2N5O2S/c1-9(2)8-25-15(12-6-5-11(19)7-13(12)20)23-24-18(25)28-14(10(3)4)16(26)22-17(21)27/h5-7,9-10,14H,8H2,1-4H3,(H3,21,22,26,27). The number of urea groups is 1. The Morgan fingerprint density at radius 2 is 1.89 bits per heavy atom. The van der Waals surface area contributed by atoms with Crippen LogP contribution in [0.15, 0.2) is 23.4 Å². The lowest BCUT2D eigenvalue weighted by Gasteiger charge is -2.19. The van der Waals surface area contributed by atoms with Crippen LogP contribution in [0.25, 0.3) is 11.4 Å². The van der Waals surface area contributed by atoms with Gasteiger partial charge in [-0.2, -0.15) is 0 Å². The van der Waals surface area contributed by atoms with Gasteiger partial charge in [0.05, 0.1) is 10.3 Å². The molecule has 3 N–H and O–H groups in total. The first-order valence-electron chi connectivity index (χ1n) is 8.75. The highest BCUT2D eigenvalue weighted by Crippen LogP contribution is 2.34. The van der Waals surface area contributed by atoms with Crippen molar-refractivity contribution in [3.05, 3.63) is 28.2 Å². The van der Waals surface area contributed by atoms with Crippen molar-refractivity contribution in [2.45, 2.75) is 44.6 Å². The number of carbonyl (C=O) groups is 2. The molecule has 7 nitrogen and oxygen atoms in total. The van der Waals surface area contributed by atoms with Gasteiger partial charge in [-0.25, -0.2) is 4.79 Å². The van der Waals surface area contributed by atoms with Crippen molar-refractivity contribution < 1.29 is 9.59 Å². The maximum absolute atomic E-state index is 12.4. The van der Waals surface area contributed by atoms with Crippen molar-refractivity contribution in [3.63, 3.8) is 0 Å².